The molecule has 1 unspecified atom stereocenters. The Bertz CT molecular complexity index is 615. The maximum absolute atomic E-state index is 6.06. The van der Waals surface area contributed by atoms with Gasteiger partial charge in [0, 0.05) is 6.07 Å². The molecule has 5 nitrogen and oxygen atoms in total. The smallest absolute Gasteiger partial charge is 0.219 e. The Labute approximate surface area is 118 Å². The Morgan fingerprint density at radius 1 is 1.30 bits per heavy atom. The average molecular weight is 270 g/mol. The van der Waals surface area contributed by atoms with E-state index in [1.165, 1.54) is 11.1 Å². The first-order chi connectivity index (χ1) is 9.76. The third kappa shape index (κ3) is 2.58. The van der Waals surface area contributed by atoms with E-state index in [2.05, 4.69) is 39.7 Å². The van der Waals surface area contributed by atoms with Crippen molar-refractivity contribution >= 4 is 5.82 Å². The van der Waals surface area contributed by atoms with Crippen molar-refractivity contribution in [2.75, 3.05) is 5.43 Å². The van der Waals surface area contributed by atoms with Gasteiger partial charge in [-0.15, -0.1) is 0 Å². The first kappa shape index (κ1) is 12.9. The van der Waals surface area contributed by atoms with Crippen LogP contribution in [0.1, 0.15) is 35.9 Å². The summed E-state index contributed by atoms with van der Waals surface area (Å²) in [7, 11) is 0. The van der Waals surface area contributed by atoms with Gasteiger partial charge in [0.15, 0.2) is 0 Å². The molecule has 0 aliphatic heterocycles. The van der Waals surface area contributed by atoms with E-state index in [1.54, 1.807) is 6.07 Å². The van der Waals surface area contributed by atoms with E-state index in [9.17, 15) is 0 Å². The number of aryl methyl sites for hydroxylation is 2. The van der Waals surface area contributed by atoms with Crippen molar-refractivity contribution in [3.8, 4) is 5.88 Å². The van der Waals surface area contributed by atoms with Gasteiger partial charge >= 0.3 is 0 Å². The molecule has 3 rings (SSSR count). The molecule has 0 fully saturated rings. The van der Waals surface area contributed by atoms with Gasteiger partial charge < -0.3 is 10.2 Å². The standard InChI is InChI=1S/C15H18N4O/c1-10-17-14(19-16)9-15(18-10)20-13-8-4-6-11-5-2-3-7-12(11)13/h2-3,5,7,9,13H,4,6,8,16H2,1H3,(H,17,18,19). The maximum atomic E-state index is 6.06. The molecule has 0 spiro atoms. The second-order valence-corrected chi connectivity index (χ2v) is 4.98. The van der Waals surface area contributed by atoms with Gasteiger partial charge in [0.2, 0.25) is 5.88 Å². The molecule has 0 radical (unpaired) electrons. The number of benzene rings is 1. The van der Waals surface area contributed by atoms with Crippen LogP contribution in [0.15, 0.2) is 30.3 Å². The Morgan fingerprint density at radius 3 is 3.00 bits per heavy atom. The highest BCUT2D eigenvalue weighted by Crippen LogP contribution is 2.33. The highest BCUT2D eigenvalue weighted by Gasteiger charge is 2.21. The van der Waals surface area contributed by atoms with Gasteiger partial charge in [0.05, 0.1) is 0 Å². The number of hydrazine groups is 1. The van der Waals surface area contributed by atoms with Crippen LogP contribution in [-0.2, 0) is 6.42 Å². The monoisotopic (exact) mass is 270 g/mol. The zero-order chi connectivity index (χ0) is 13.9. The van der Waals surface area contributed by atoms with E-state index < -0.39 is 0 Å². The molecule has 3 N–H and O–H groups in total. The molecule has 0 saturated carbocycles. The molecule has 1 aliphatic rings. The number of aromatic nitrogens is 2. The number of nitrogens with two attached hydrogens (primary N) is 1. The largest absolute Gasteiger partial charge is 0.469 e. The summed E-state index contributed by atoms with van der Waals surface area (Å²) in [5.41, 5.74) is 5.16. The van der Waals surface area contributed by atoms with Crippen molar-refractivity contribution in [1.82, 2.24) is 9.97 Å². The van der Waals surface area contributed by atoms with Crippen LogP contribution in [-0.4, -0.2) is 9.97 Å². The fraction of sp³-hybridized carbons (Fsp3) is 0.333. The topological polar surface area (TPSA) is 73.1 Å². The van der Waals surface area contributed by atoms with Gasteiger partial charge in [-0.05, 0) is 37.3 Å². The summed E-state index contributed by atoms with van der Waals surface area (Å²) in [5, 5.41) is 0. The molecule has 1 aromatic heterocycles. The third-order valence-corrected chi connectivity index (χ3v) is 3.54. The van der Waals surface area contributed by atoms with Crippen molar-refractivity contribution in [1.29, 1.82) is 0 Å². The molecule has 2 aromatic rings. The molecule has 1 heterocycles. The van der Waals surface area contributed by atoms with Crippen LogP contribution >= 0.6 is 0 Å². The molecule has 1 aliphatic carbocycles. The molecule has 20 heavy (non-hydrogen) atoms. The van der Waals surface area contributed by atoms with E-state index >= 15 is 0 Å². The molecule has 0 amide bonds. The number of fused-ring (bicyclic) bond motifs is 1. The van der Waals surface area contributed by atoms with Gasteiger partial charge in [-0.2, -0.15) is 4.98 Å². The van der Waals surface area contributed by atoms with Crippen LogP contribution < -0.4 is 16.0 Å². The number of nitrogens with one attached hydrogen (secondary N) is 1. The van der Waals surface area contributed by atoms with Crippen molar-refractivity contribution < 1.29 is 4.74 Å². The van der Waals surface area contributed by atoms with Crippen LogP contribution in [0.4, 0.5) is 5.82 Å². The highest BCUT2D eigenvalue weighted by atomic mass is 16.5. The Kier molecular flexibility index (Phi) is 3.52. The number of hydrogen-bond donors (Lipinski definition) is 2. The number of rotatable bonds is 3. The molecular weight excluding hydrogens is 252 g/mol. The minimum atomic E-state index is 0.0554. The van der Waals surface area contributed by atoms with Crippen molar-refractivity contribution in [3.63, 3.8) is 0 Å². The molecule has 0 bridgehead atoms. The van der Waals surface area contributed by atoms with Crippen LogP contribution in [0.3, 0.4) is 0 Å². The number of ether oxygens (including phenoxy) is 1. The fourth-order valence-electron chi connectivity index (χ4n) is 2.65. The first-order valence-corrected chi connectivity index (χ1v) is 6.83. The second kappa shape index (κ2) is 5.46. The third-order valence-electron chi connectivity index (χ3n) is 3.54. The van der Waals surface area contributed by atoms with E-state index in [4.69, 9.17) is 10.6 Å². The zero-order valence-electron chi connectivity index (χ0n) is 11.5. The summed E-state index contributed by atoms with van der Waals surface area (Å²) in [6.45, 7) is 1.82. The van der Waals surface area contributed by atoms with Crippen LogP contribution in [0.25, 0.3) is 0 Å². The van der Waals surface area contributed by atoms with E-state index in [-0.39, 0.29) is 6.10 Å². The summed E-state index contributed by atoms with van der Waals surface area (Å²) in [4.78, 5) is 8.48. The fourth-order valence-corrected chi connectivity index (χ4v) is 2.65. The van der Waals surface area contributed by atoms with E-state index in [0.29, 0.717) is 17.5 Å². The predicted molar refractivity (Wildman–Crippen MR) is 77.3 cm³/mol. The van der Waals surface area contributed by atoms with E-state index in [0.717, 1.165) is 19.3 Å². The van der Waals surface area contributed by atoms with Crippen LogP contribution in [0.5, 0.6) is 5.88 Å². The van der Waals surface area contributed by atoms with Gasteiger partial charge in [0.1, 0.15) is 17.7 Å². The Balaban J connectivity index is 1.87. The highest BCUT2D eigenvalue weighted by molar-refractivity contribution is 5.38. The SMILES string of the molecule is Cc1nc(NN)cc(OC2CCCc3ccccc32)n1. The number of nitrogens with zero attached hydrogens (tertiary/aromatic N) is 2. The van der Waals surface area contributed by atoms with Crippen molar-refractivity contribution in [3.05, 3.63) is 47.3 Å². The molecular formula is C15H18N4O. The quantitative estimate of drug-likeness (QED) is 0.662. The summed E-state index contributed by atoms with van der Waals surface area (Å²) in [5.74, 6) is 7.17. The molecule has 1 aromatic carbocycles. The van der Waals surface area contributed by atoms with Gasteiger partial charge in [-0.1, -0.05) is 24.3 Å². The summed E-state index contributed by atoms with van der Waals surface area (Å²) in [6.07, 6.45) is 3.31. The summed E-state index contributed by atoms with van der Waals surface area (Å²) in [6, 6.07) is 10.2. The Morgan fingerprint density at radius 2 is 2.15 bits per heavy atom. The number of anilines is 1. The average Bonchev–Trinajstić information content (AvgIpc) is 2.47. The van der Waals surface area contributed by atoms with E-state index in [1.807, 2.05) is 6.92 Å². The van der Waals surface area contributed by atoms with Crippen molar-refractivity contribution in [2.24, 2.45) is 5.84 Å². The predicted octanol–water partition coefficient (Wildman–Crippen LogP) is 2.53. The summed E-state index contributed by atoms with van der Waals surface area (Å²) >= 11 is 0. The molecule has 104 valence electrons. The number of hydrogen-bond acceptors (Lipinski definition) is 5. The van der Waals surface area contributed by atoms with Gasteiger partial charge in [-0.3, -0.25) is 0 Å². The van der Waals surface area contributed by atoms with Crippen LogP contribution in [0.2, 0.25) is 0 Å². The summed E-state index contributed by atoms with van der Waals surface area (Å²) < 4.78 is 6.06. The Hall–Kier alpha value is -2.14. The minimum Gasteiger partial charge on any atom is -0.469 e. The lowest BCUT2D eigenvalue weighted by Crippen LogP contribution is -2.16. The minimum absolute atomic E-state index is 0.0554. The lowest BCUT2D eigenvalue weighted by atomic mass is 9.89. The van der Waals surface area contributed by atoms with Crippen molar-refractivity contribution in [2.45, 2.75) is 32.3 Å². The van der Waals surface area contributed by atoms with Gasteiger partial charge in [-0.25, -0.2) is 10.8 Å². The molecule has 5 heteroatoms. The number of nitrogen functional groups attached to an aromatic ring is 1. The maximum Gasteiger partial charge on any atom is 0.219 e. The second-order valence-electron chi connectivity index (χ2n) is 4.98. The lowest BCUT2D eigenvalue weighted by molar-refractivity contribution is 0.175. The first-order valence-electron chi connectivity index (χ1n) is 6.83. The lowest BCUT2D eigenvalue weighted by Gasteiger charge is -2.25. The molecule has 0 saturated heterocycles. The molecule has 1 atom stereocenters. The normalized spacial score (nSPS) is 17.4. The van der Waals surface area contributed by atoms with Crippen LogP contribution in [0, 0.1) is 6.92 Å². The zero-order valence-corrected chi connectivity index (χ0v) is 11.5. The van der Waals surface area contributed by atoms with Gasteiger partial charge in [0.25, 0.3) is 0 Å².